The second-order valence-electron chi connectivity index (χ2n) is 5.01. The molecular weight excluding hydrogens is 298 g/mol. The van der Waals surface area contributed by atoms with Gasteiger partial charge in [-0.3, -0.25) is 9.59 Å². The average molecular weight is 309 g/mol. The topological polar surface area (TPSA) is 104 Å². The van der Waals surface area contributed by atoms with Crippen LogP contribution in [0.2, 0.25) is 0 Å². The Morgan fingerprint density at radius 2 is 1.78 bits per heavy atom. The number of carboxylic acid groups (broad SMARTS) is 1. The van der Waals surface area contributed by atoms with Crippen LogP contribution in [-0.4, -0.2) is 33.5 Å². The number of hydrogen-bond donors (Lipinski definition) is 2. The Balaban J connectivity index is 2.12. The molecule has 23 heavy (non-hydrogen) atoms. The van der Waals surface area contributed by atoms with Crippen molar-refractivity contribution in [2.24, 2.45) is 4.99 Å². The Hall–Kier alpha value is -3.28. The van der Waals surface area contributed by atoms with Gasteiger partial charge in [0.15, 0.2) is 5.78 Å². The molecule has 6 heteroatoms. The fourth-order valence-electron chi connectivity index (χ4n) is 2.49. The van der Waals surface area contributed by atoms with Crippen LogP contribution in [0.3, 0.4) is 0 Å². The first kappa shape index (κ1) is 14.6. The number of aliphatic imine (C=N–C) groups is 1. The molecular formula is C17H11NO5. The van der Waals surface area contributed by atoms with Crippen LogP contribution in [-0.2, 0) is 0 Å². The summed E-state index contributed by atoms with van der Waals surface area (Å²) in [5.41, 5.74) is 0.0827. The Kier molecular flexibility index (Phi) is 3.50. The van der Waals surface area contributed by atoms with Crippen LogP contribution in [0.5, 0.6) is 5.75 Å². The first-order chi connectivity index (χ1) is 11.0. The van der Waals surface area contributed by atoms with Gasteiger partial charge < -0.3 is 10.2 Å². The molecule has 2 N–H and O–H groups in total. The predicted octanol–water partition coefficient (Wildman–Crippen LogP) is 2.63. The van der Waals surface area contributed by atoms with Crippen molar-refractivity contribution >= 4 is 28.9 Å². The minimum atomic E-state index is -1.17. The van der Waals surface area contributed by atoms with E-state index in [1.54, 1.807) is 12.1 Å². The van der Waals surface area contributed by atoms with E-state index in [9.17, 15) is 19.5 Å². The van der Waals surface area contributed by atoms with Crippen molar-refractivity contribution in [1.29, 1.82) is 0 Å². The van der Waals surface area contributed by atoms with Crippen molar-refractivity contribution < 1.29 is 24.6 Å². The Morgan fingerprint density at radius 1 is 1.04 bits per heavy atom. The van der Waals surface area contributed by atoms with Crippen LogP contribution < -0.4 is 0 Å². The number of para-hydroxylation sites is 1. The molecule has 0 unspecified atom stereocenters. The highest BCUT2D eigenvalue weighted by Crippen LogP contribution is 2.29. The third kappa shape index (κ3) is 2.50. The minimum Gasteiger partial charge on any atom is -0.507 e. The van der Waals surface area contributed by atoms with Gasteiger partial charge in [-0.05, 0) is 24.3 Å². The molecule has 0 atom stereocenters. The highest BCUT2D eigenvalue weighted by molar-refractivity contribution is 6.53. The zero-order chi connectivity index (χ0) is 16.6. The summed E-state index contributed by atoms with van der Waals surface area (Å²) in [6.07, 6.45) is -0.280. The number of phenols is 1. The normalized spacial score (nSPS) is 15.6. The summed E-state index contributed by atoms with van der Waals surface area (Å²) >= 11 is 0. The number of carbonyl (C=O) groups is 3. The number of hydrogen-bond acceptors (Lipinski definition) is 5. The lowest BCUT2D eigenvalue weighted by molar-refractivity contribution is 0.0697. The largest absolute Gasteiger partial charge is 0.507 e. The third-order valence-corrected chi connectivity index (χ3v) is 3.55. The molecule has 0 aliphatic heterocycles. The number of carbonyl (C=O) groups excluding carboxylic acids is 2. The molecule has 0 radical (unpaired) electrons. The number of aromatic hydroxyl groups is 1. The molecule has 0 spiro atoms. The lowest BCUT2D eigenvalue weighted by Crippen LogP contribution is -2.27. The first-order valence-corrected chi connectivity index (χ1v) is 6.79. The standard InChI is InChI=1S/C17H11NO5/c19-13-7-3-5-10-15(13)14(20)8-12(16(10)21)18-11-6-2-1-4-9(11)17(22)23/h1-7,19H,8H2,(H,22,23). The molecule has 0 aromatic heterocycles. The number of carboxylic acids is 1. The summed E-state index contributed by atoms with van der Waals surface area (Å²) in [5.74, 6) is -2.33. The predicted molar refractivity (Wildman–Crippen MR) is 81.9 cm³/mol. The number of nitrogens with zero attached hydrogens (tertiary/aromatic N) is 1. The van der Waals surface area contributed by atoms with E-state index in [1.165, 1.54) is 30.3 Å². The molecule has 2 aromatic rings. The zero-order valence-corrected chi connectivity index (χ0v) is 11.8. The minimum absolute atomic E-state index is 0.0111. The smallest absolute Gasteiger partial charge is 0.337 e. The highest BCUT2D eigenvalue weighted by atomic mass is 16.4. The number of aromatic carboxylic acids is 1. The van der Waals surface area contributed by atoms with Crippen molar-refractivity contribution in [3.05, 3.63) is 59.2 Å². The van der Waals surface area contributed by atoms with Crippen molar-refractivity contribution in [3.8, 4) is 5.75 Å². The summed E-state index contributed by atoms with van der Waals surface area (Å²) in [7, 11) is 0. The van der Waals surface area contributed by atoms with Crippen LogP contribution in [0.1, 0.15) is 37.5 Å². The van der Waals surface area contributed by atoms with Gasteiger partial charge in [-0.15, -0.1) is 0 Å². The van der Waals surface area contributed by atoms with Gasteiger partial charge in [0.05, 0.1) is 28.9 Å². The maximum absolute atomic E-state index is 12.5. The van der Waals surface area contributed by atoms with Crippen molar-refractivity contribution in [2.75, 3.05) is 0 Å². The maximum Gasteiger partial charge on any atom is 0.337 e. The number of fused-ring (bicyclic) bond motifs is 1. The number of rotatable bonds is 2. The fourth-order valence-corrected chi connectivity index (χ4v) is 2.49. The van der Waals surface area contributed by atoms with Gasteiger partial charge >= 0.3 is 5.97 Å². The molecule has 0 amide bonds. The Labute approximate surface area is 130 Å². The van der Waals surface area contributed by atoms with Crippen LogP contribution in [0.15, 0.2) is 47.5 Å². The molecule has 0 saturated heterocycles. The van der Waals surface area contributed by atoms with Gasteiger partial charge in [0.25, 0.3) is 0 Å². The third-order valence-electron chi connectivity index (χ3n) is 3.55. The van der Waals surface area contributed by atoms with E-state index in [4.69, 9.17) is 5.11 Å². The lowest BCUT2D eigenvalue weighted by Gasteiger charge is -2.16. The second kappa shape index (κ2) is 5.49. The fraction of sp³-hybridized carbons (Fsp3) is 0.0588. The molecule has 3 rings (SSSR count). The SMILES string of the molecule is O=C(O)c1ccccc1N=C1CC(=O)c2c(O)cccc2C1=O. The van der Waals surface area contributed by atoms with Crippen molar-refractivity contribution in [2.45, 2.75) is 6.42 Å². The Morgan fingerprint density at radius 3 is 2.52 bits per heavy atom. The van der Waals surface area contributed by atoms with E-state index >= 15 is 0 Å². The maximum atomic E-state index is 12.5. The van der Waals surface area contributed by atoms with Crippen LogP contribution in [0, 0.1) is 0 Å². The number of ketones is 2. The molecule has 0 heterocycles. The average Bonchev–Trinajstić information content (AvgIpc) is 2.52. The molecule has 1 aliphatic carbocycles. The summed E-state index contributed by atoms with van der Waals surface area (Å²) < 4.78 is 0. The van der Waals surface area contributed by atoms with Crippen LogP contribution >= 0.6 is 0 Å². The van der Waals surface area contributed by atoms with Crippen LogP contribution in [0.25, 0.3) is 0 Å². The number of benzene rings is 2. The molecule has 0 bridgehead atoms. The monoisotopic (exact) mass is 309 g/mol. The van der Waals surface area contributed by atoms with Gasteiger partial charge in [-0.1, -0.05) is 18.2 Å². The summed E-state index contributed by atoms with van der Waals surface area (Å²) in [4.78, 5) is 39.9. The van der Waals surface area contributed by atoms with E-state index in [1.807, 2.05) is 0 Å². The summed E-state index contributed by atoms with van der Waals surface area (Å²) in [6, 6.07) is 10.2. The Bertz CT molecular complexity index is 882. The quantitative estimate of drug-likeness (QED) is 0.887. The molecule has 1 aliphatic rings. The molecule has 114 valence electrons. The van der Waals surface area contributed by atoms with E-state index in [0.29, 0.717) is 0 Å². The van der Waals surface area contributed by atoms with E-state index in [-0.39, 0.29) is 40.3 Å². The van der Waals surface area contributed by atoms with Gasteiger partial charge in [-0.25, -0.2) is 9.79 Å². The van der Waals surface area contributed by atoms with Gasteiger partial charge in [0.1, 0.15) is 5.75 Å². The number of phenolic OH excluding ortho intramolecular Hbond substituents is 1. The first-order valence-electron chi connectivity index (χ1n) is 6.79. The van der Waals surface area contributed by atoms with Crippen LogP contribution in [0.4, 0.5) is 5.69 Å². The summed E-state index contributed by atoms with van der Waals surface area (Å²) in [5, 5.41) is 18.9. The molecule has 6 nitrogen and oxygen atoms in total. The van der Waals surface area contributed by atoms with E-state index in [2.05, 4.69) is 4.99 Å². The van der Waals surface area contributed by atoms with Crippen molar-refractivity contribution in [1.82, 2.24) is 0 Å². The second-order valence-corrected chi connectivity index (χ2v) is 5.01. The van der Waals surface area contributed by atoms with Gasteiger partial charge in [0, 0.05) is 5.56 Å². The summed E-state index contributed by atoms with van der Waals surface area (Å²) in [6.45, 7) is 0. The van der Waals surface area contributed by atoms with Gasteiger partial charge in [-0.2, -0.15) is 0 Å². The van der Waals surface area contributed by atoms with E-state index < -0.39 is 17.5 Å². The molecule has 0 fully saturated rings. The molecule has 2 aromatic carbocycles. The van der Waals surface area contributed by atoms with Gasteiger partial charge in [0.2, 0.25) is 5.78 Å². The lowest BCUT2D eigenvalue weighted by atomic mass is 9.87. The van der Waals surface area contributed by atoms with Crippen molar-refractivity contribution in [3.63, 3.8) is 0 Å². The van der Waals surface area contributed by atoms with E-state index in [0.717, 1.165) is 0 Å². The zero-order valence-electron chi connectivity index (χ0n) is 11.8. The number of Topliss-reactive ketones (excluding diaryl/α,β-unsaturated/α-hetero) is 2. The highest BCUT2D eigenvalue weighted by Gasteiger charge is 2.31. The molecule has 0 saturated carbocycles.